The number of aromatic carboxylic acids is 1. The van der Waals surface area contributed by atoms with Crippen molar-refractivity contribution in [3.05, 3.63) is 35.4 Å². The predicted octanol–water partition coefficient (Wildman–Crippen LogP) is 3.40. The van der Waals surface area contributed by atoms with Crippen LogP contribution in [0.15, 0.2) is 24.3 Å². The lowest BCUT2D eigenvalue weighted by molar-refractivity contribution is -0.122. The van der Waals surface area contributed by atoms with Crippen LogP contribution in [-0.4, -0.2) is 23.5 Å². The molecule has 0 atom stereocenters. The summed E-state index contributed by atoms with van der Waals surface area (Å²) in [7, 11) is 0. The number of carboxylic acid groups (broad SMARTS) is 1. The number of carbonyl (C=O) groups is 2. The van der Waals surface area contributed by atoms with E-state index in [1.807, 2.05) is 0 Å². The minimum atomic E-state index is -0.925. The van der Waals surface area contributed by atoms with Gasteiger partial charge < -0.3 is 10.4 Å². The summed E-state index contributed by atoms with van der Waals surface area (Å²) < 4.78 is 0. The van der Waals surface area contributed by atoms with Crippen molar-refractivity contribution in [3.8, 4) is 0 Å². The zero-order valence-electron chi connectivity index (χ0n) is 13.2. The molecule has 2 N–H and O–H groups in total. The number of nitrogens with one attached hydrogen (secondary N) is 1. The summed E-state index contributed by atoms with van der Waals surface area (Å²) in [5.74, 6) is -0.837. The van der Waals surface area contributed by atoms with Gasteiger partial charge in [-0.1, -0.05) is 31.9 Å². The molecule has 4 heteroatoms. The monoisotopic (exact) mass is 303 g/mol. The Bertz CT molecular complexity index is 518. The molecule has 0 heterocycles. The largest absolute Gasteiger partial charge is 0.478 e. The Kier molecular flexibility index (Phi) is 5.58. The second-order valence-electron chi connectivity index (χ2n) is 6.38. The minimum absolute atomic E-state index is 0.0877. The summed E-state index contributed by atoms with van der Waals surface area (Å²) in [5, 5.41) is 11.9. The van der Waals surface area contributed by atoms with E-state index in [2.05, 4.69) is 12.2 Å². The molecular weight excluding hydrogens is 278 g/mol. The first-order chi connectivity index (χ1) is 10.5. The second-order valence-corrected chi connectivity index (χ2v) is 6.38. The van der Waals surface area contributed by atoms with Crippen LogP contribution in [0.25, 0.3) is 0 Å². The maximum absolute atomic E-state index is 12.0. The number of hydrogen-bond acceptors (Lipinski definition) is 2. The lowest BCUT2D eigenvalue weighted by atomic mass is 9.66. The van der Waals surface area contributed by atoms with Crippen LogP contribution in [0.2, 0.25) is 0 Å². The molecule has 1 aliphatic carbocycles. The fraction of sp³-hybridized carbons (Fsp3) is 0.556. The third-order valence-corrected chi connectivity index (χ3v) is 4.70. The Labute approximate surface area is 131 Å². The highest BCUT2D eigenvalue weighted by molar-refractivity contribution is 5.87. The number of aryl methyl sites for hydroxylation is 1. The van der Waals surface area contributed by atoms with E-state index < -0.39 is 5.97 Å². The third kappa shape index (κ3) is 4.33. The van der Waals surface area contributed by atoms with Gasteiger partial charge in [0.2, 0.25) is 5.91 Å². The highest BCUT2D eigenvalue weighted by atomic mass is 16.4. The van der Waals surface area contributed by atoms with Crippen molar-refractivity contribution in [3.63, 3.8) is 0 Å². The molecule has 1 aromatic carbocycles. The molecule has 2 rings (SSSR count). The van der Waals surface area contributed by atoms with Crippen LogP contribution in [0.4, 0.5) is 0 Å². The first kappa shape index (κ1) is 16.5. The molecule has 1 fully saturated rings. The van der Waals surface area contributed by atoms with Gasteiger partial charge in [0.1, 0.15) is 0 Å². The van der Waals surface area contributed by atoms with Crippen molar-refractivity contribution in [2.45, 2.75) is 51.9 Å². The lowest BCUT2D eigenvalue weighted by Crippen LogP contribution is -2.42. The van der Waals surface area contributed by atoms with E-state index in [0.29, 0.717) is 18.3 Å². The first-order valence-corrected chi connectivity index (χ1v) is 8.14. The van der Waals surface area contributed by atoms with Crippen molar-refractivity contribution >= 4 is 11.9 Å². The van der Waals surface area contributed by atoms with E-state index in [0.717, 1.165) is 12.1 Å². The third-order valence-electron chi connectivity index (χ3n) is 4.70. The van der Waals surface area contributed by atoms with E-state index in [4.69, 9.17) is 5.11 Å². The van der Waals surface area contributed by atoms with Crippen LogP contribution in [-0.2, 0) is 11.2 Å². The molecule has 4 nitrogen and oxygen atoms in total. The molecule has 1 aliphatic rings. The highest BCUT2D eigenvalue weighted by Crippen LogP contribution is 2.44. The Balaban J connectivity index is 1.74. The molecule has 1 amide bonds. The average molecular weight is 303 g/mol. The summed E-state index contributed by atoms with van der Waals surface area (Å²) >= 11 is 0. The van der Waals surface area contributed by atoms with Gasteiger partial charge in [-0.2, -0.15) is 0 Å². The van der Waals surface area contributed by atoms with Crippen molar-refractivity contribution in [1.29, 1.82) is 0 Å². The van der Waals surface area contributed by atoms with E-state index in [9.17, 15) is 9.59 Å². The molecule has 0 radical (unpaired) electrons. The van der Waals surface area contributed by atoms with Gasteiger partial charge in [-0.25, -0.2) is 4.79 Å². The van der Waals surface area contributed by atoms with Gasteiger partial charge in [0.25, 0.3) is 0 Å². The zero-order valence-corrected chi connectivity index (χ0v) is 13.2. The molecular formula is C18H25NO3. The quantitative estimate of drug-likeness (QED) is 0.773. The Hall–Kier alpha value is -1.84. The molecule has 0 aliphatic heterocycles. The zero-order chi connectivity index (χ0) is 16.0. The number of benzene rings is 1. The van der Waals surface area contributed by atoms with Crippen LogP contribution >= 0.6 is 0 Å². The van der Waals surface area contributed by atoms with Gasteiger partial charge in [0, 0.05) is 13.0 Å². The van der Waals surface area contributed by atoms with Gasteiger partial charge in [0.05, 0.1) is 5.56 Å². The highest BCUT2D eigenvalue weighted by Gasteiger charge is 2.35. The van der Waals surface area contributed by atoms with Gasteiger partial charge >= 0.3 is 5.97 Å². The number of amides is 1. The molecule has 1 saturated carbocycles. The van der Waals surface area contributed by atoms with Crippen LogP contribution < -0.4 is 5.32 Å². The SMILES string of the molecule is CCCC1(CNC(=O)CCc2ccc(C(=O)O)cc2)CCC1. The fourth-order valence-electron chi connectivity index (χ4n) is 3.17. The predicted molar refractivity (Wildman–Crippen MR) is 85.9 cm³/mol. The summed E-state index contributed by atoms with van der Waals surface area (Å²) in [6, 6.07) is 6.73. The van der Waals surface area contributed by atoms with Gasteiger partial charge in [-0.15, -0.1) is 0 Å². The van der Waals surface area contributed by atoms with Crippen molar-refractivity contribution < 1.29 is 14.7 Å². The van der Waals surface area contributed by atoms with Gasteiger partial charge in [-0.3, -0.25) is 4.79 Å². The number of rotatable bonds is 8. The van der Waals surface area contributed by atoms with Crippen LogP contribution in [0.1, 0.15) is 61.4 Å². The average Bonchev–Trinajstić information content (AvgIpc) is 2.48. The number of carboxylic acids is 1. The second kappa shape index (κ2) is 7.43. The van der Waals surface area contributed by atoms with Gasteiger partial charge in [0.15, 0.2) is 0 Å². The molecule has 0 unspecified atom stereocenters. The van der Waals surface area contributed by atoms with Crippen molar-refractivity contribution in [1.82, 2.24) is 5.32 Å². The Morgan fingerprint density at radius 1 is 1.23 bits per heavy atom. The first-order valence-electron chi connectivity index (χ1n) is 8.14. The van der Waals surface area contributed by atoms with Crippen LogP contribution in [0.5, 0.6) is 0 Å². The summed E-state index contributed by atoms with van der Waals surface area (Å²) in [6.45, 7) is 3.00. The molecule has 1 aromatic rings. The molecule has 120 valence electrons. The standard InChI is InChI=1S/C18H25NO3/c1-2-10-18(11-3-12-18)13-19-16(20)9-6-14-4-7-15(8-5-14)17(21)22/h4-5,7-8H,2-3,6,9-13H2,1H3,(H,19,20)(H,21,22). The normalized spacial score (nSPS) is 15.9. The van der Waals surface area contributed by atoms with E-state index in [-0.39, 0.29) is 11.5 Å². The Morgan fingerprint density at radius 2 is 1.91 bits per heavy atom. The Morgan fingerprint density at radius 3 is 2.41 bits per heavy atom. The van der Waals surface area contributed by atoms with Crippen molar-refractivity contribution in [2.24, 2.45) is 5.41 Å². The van der Waals surface area contributed by atoms with Crippen molar-refractivity contribution in [2.75, 3.05) is 6.54 Å². The van der Waals surface area contributed by atoms with E-state index in [1.165, 1.54) is 32.1 Å². The molecule has 0 aromatic heterocycles. The van der Waals surface area contributed by atoms with Crippen LogP contribution in [0, 0.1) is 5.41 Å². The summed E-state index contributed by atoms with van der Waals surface area (Å²) in [6.07, 6.45) is 7.22. The summed E-state index contributed by atoms with van der Waals surface area (Å²) in [4.78, 5) is 22.8. The summed E-state index contributed by atoms with van der Waals surface area (Å²) in [5.41, 5.74) is 1.62. The van der Waals surface area contributed by atoms with Gasteiger partial charge in [-0.05, 0) is 48.8 Å². The smallest absolute Gasteiger partial charge is 0.335 e. The topological polar surface area (TPSA) is 66.4 Å². The lowest BCUT2D eigenvalue weighted by Gasteiger charge is -2.42. The van der Waals surface area contributed by atoms with E-state index in [1.54, 1.807) is 24.3 Å². The molecule has 0 bridgehead atoms. The molecule has 0 saturated heterocycles. The fourth-order valence-corrected chi connectivity index (χ4v) is 3.17. The number of hydrogen-bond donors (Lipinski definition) is 2. The minimum Gasteiger partial charge on any atom is -0.478 e. The van der Waals surface area contributed by atoms with E-state index >= 15 is 0 Å². The molecule has 22 heavy (non-hydrogen) atoms. The number of carbonyl (C=O) groups excluding carboxylic acids is 1. The maximum Gasteiger partial charge on any atom is 0.335 e. The molecule has 0 spiro atoms. The maximum atomic E-state index is 12.0. The van der Waals surface area contributed by atoms with Crippen LogP contribution in [0.3, 0.4) is 0 Å².